The molecular formula is C25H27N3O6. The Labute approximate surface area is 197 Å². The van der Waals surface area contributed by atoms with E-state index < -0.39 is 4.92 Å². The smallest absolute Gasteiger partial charge is 0.289 e. The maximum atomic E-state index is 12.9. The monoisotopic (exact) mass is 465 g/mol. The van der Waals surface area contributed by atoms with Gasteiger partial charge in [0.1, 0.15) is 23.9 Å². The van der Waals surface area contributed by atoms with E-state index >= 15 is 0 Å². The SMILES string of the molecule is COc1cccc(CN2CCN(C(=O)c3ccc(COc4ccc([N+](=O)[O-])c(C)c4)o3)CC2)c1. The van der Waals surface area contributed by atoms with Gasteiger partial charge in [-0.2, -0.15) is 0 Å². The Kier molecular flexibility index (Phi) is 7.12. The van der Waals surface area contributed by atoms with Crippen molar-refractivity contribution in [3.8, 4) is 11.5 Å². The lowest BCUT2D eigenvalue weighted by Crippen LogP contribution is -2.48. The first-order valence-electron chi connectivity index (χ1n) is 11.0. The number of furan rings is 1. The van der Waals surface area contributed by atoms with Crippen molar-refractivity contribution in [2.45, 2.75) is 20.1 Å². The summed E-state index contributed by atoms with van der Waals surface area (Å²) in [6.07, 6.45) is 0. The van der Waals surface area contributed by atoms with Crippen molar-refractivity contribution >= 4 is 11.6 Å². The van der Waals surface area contributed by atoms with Crippen LogP contribution in [0.3, 0.4) is 0 Å². The van der Waals surface area contributed by atoms with Gasteiger partial charge in [0, 0.05) is 44.4 Å². The number of nitro benzene ring substituents is 1. The van der Waals surface area contributed by atoms with Crippen LogP contribution in [-0.2, 0) is 13.2 Å². The summed E-state index contributed by atoms with van der Waals surface area (Å²) >= 11 is 0. The number of nitro groups is 1. The minimum absolute atomic E-state index is 0.0434. The quantitative estimate of drug-likeness (QED) is 0.366. The normalized spacial score (nSPS) is 14.1. The molecule has 0 unspecified atom stereocenters. The molecule has 0 N–H and O–H groups in total. The Balaban J connectivity index is 1.28. The number of carbonyl (C=O) groups excluding carboxylic acids is 1. The van der Waals surface area contributed by atoms with E-state index in [2.05, 4.69) is 11.0 Å². The summed E-state index contributed by atoms with van der Waals surface area (Å²) < 4.78 is 16.7. The molecule has 1 fully saturated rings. The summed E-state index contributed by atoms with van der Waals surface area (Å²) in [5, 5.41) is 10.9. The van der Waals surface area contributed by atoms with Gasteiger partial charge in [0.25, 0.3) is 11.6 Å². The largest absolute Gasteiger partial charge is 0.497 e. The van der Waals surface area contributed by atoms with Gasteiger partial charge in [-0.05, 0) is 48.9 Å². The molecule has 4 rings (SSSR count). The van der Waals surface area contributed by atoms with E-state index in [1.54, 1.807) is 43.2 Å². The van der Waals surface area contributed by atoms with Gasteiger partial charge >= 0.3 is 0 Å². The molecule has 0 bridgehead atoms. The molecule has 2 aromatic carbocycles. The average Bonchev–Trinajstić information content (AvgIpc) is 3.32. The molecule has 34 heavy (non-hydrogen) atoms. The highest BCUT2D eigenvalue weighted by Crippen LogP contribution is 2.24. The lowest BCUT2D eigenvalue weighted by atomic mass is 10.2. The molecule has 2 heterocycles. The third kappa shape index (κ3) is 5.55. The minimum atomic E-state index is -0.428. The van der Waals surface area contributed by atoms with Crippen molar-refractivity contribution in [2.75, 3.05) is 33.3 Å². The Bertz CT molecular complexity index is 1170. The highest BCUT2D eigenvalue weighted by atomic mass is 16.6. The lowest BCUT2D eigenvalue weighted by Gasteiger charge is -2.34. The van der Waals surface area contributed by atoms with Gasteiger partial charge in [0.15, 0.2) is 5.76 Å². The topological polar surface area (TPSA) is 98.3 Å². The summed E-state index contributed by atoms with van der Waals surface area (Å²) in [6.45, 7) is 5.39. The molecule has 0 aliphatic carbocycles. The van der Waals surface area contributed by atoms with Gasteiger partial charge in [-0.1, -0.05) is 12.1 Å². The van der Waals surface area contributed by atoms with Crippen LogP contribution >= 0.6 is 0 Å². The number of rotatable bonds is 8. The minimum Gasteiger partial charge on any atom is -0.497 e. The Hall–Kier alpha value is -3.85. The van der Waals surface area contributed by atoms with E-state index in [0.717, 1.165) is 25.4 Å². The molecule has 1 aromatic heterocycles. The summed E-state index contributed by atoms with van der Waals surface area (Å²) in [7, 11) is 1.66. The number of piperazine rings is 1. The highest BCUT2D eigenvalue weighted by Gasteiger charge is 2.24. The van der Waals surface area contributed by atoms with Gasteiger partial charge in [-0.3, -0.25) is 19.8 Å². The zero-order chi connectivity index (χ0) is 24.1. The fourth-order valence-electron chi connectivity index (χ4n) is 3.94. The first kappa shape index (κ1) is 23.3. The summed E-state index contributed by atoms with van der Waals surface area (Å²) in [4.78, 5) is 27.5. The van der Waals surface area contributed by atoms with E-state index in [0.29, 0.717) is 30.2 Å². The van der Waals surface area contributed by atoms with Gasteiger partial charge < -0.3 is 18.8 Å². The number of methoxy groups -OCH3 is 1. The molecule has 1 saturated heterocycles. The predicted octanol–water partition coefficient (Wildman–Crippen LogP) is 4.04. The number of benzene rings is 2. The van der Waals surface area contributed by atoms with Crippen molar-refractivity contribution < 1.29 is 23.6 Å². The van der Waals surface area contributed by atoms with E-state index in [4.69, 9.17) is 13.9 Å². The molecular weight excluding hydrogens is 438 g/mol. The van der Waals surface area contributed by atoms with Crippen molar-refractivity contribution in [1.29, 1.82) is 0 Å². The van der Waals surface area contributed by atoms with Crippen LogP contribution in [0.1, 0.15) is 27.4 Å². The maximum absolute atomic E-state index is 12.9. The zero-order valence-electron chi connectivity index (χ0n) is 19.2. The van der Waals surface area contributed by atoms with Gasteiger partial charge in [0.2, 0.25) is 0 Å². The van der Waals surface area contributed by atoms with Gasteiger partial charge in [-0.25, -0.2) is 0 Å². The molecule has 9 nitrogen and oxygen atoms in total. The van der Waals surface area contributed by atoms with E-state index in [-0.39, 0.29) is 24.0 Å². The van der Waals surface area contributed by atoms with Crippen LogP contribution in [0.4, 0.5) is 5.69 Å². The fraction of sp³-hybridized carbons (Fsp3) is 0.320. The second-order valence-electron chi connectivity index (χ2n) is 8.18. The molecule has 0 atom stereocenters. The number of ether oxygens (including phenoxy) is 2. The molecule has 0 radical (unpaired) electrons. The van der Waals surface area contributed by atoms with Gasteiger partial charge in [0.05, 0.1) is 12.0 Å². The Morgan fingerprint density at radius 1 is 1.06 bits per heavy atom. The van der Waals surface area contributed by atoms with Crippen LogP contribution in [0, 0.1) is 17.0 Å². The third-order valence-electron chi connectivity index (χ3n) is 5.82. The number of amides is 1. The highest BCUT2D eigenvalue weighted by molar-refractivity contribution is 5.91. The van der Waals surface area contributed by atoms with Gasteiger partial charge in [-0.15, -0.1) is 0 Å². The van der Waals surface area contributed by atoms with Crippen LogP contribution in [-0.4, -0.2) is 53.9 Å². The molecule has 3 aromatic rings. The number of aryl methyl sites for hydroxylation is 1. The fourth-order valence-corrected chi connectivity index (χ4v) is 3.94. The third-order valence-corrected chi connectivity index (χ3v) is 5.82. The van der Waals surface area contributed by atoms with E-state index in [1.807, 2.05) is 18.2 Å². The zero-order valence-corrected chi connectivity index (χ0v) is 19.2. The summed E-state index contributed by atoms with van der Waals surface area (Å²) in [5.74, 6) is 1.99. The van der Waals surface area contributed by atoms with Crippen LogP contribution in [0.25, 0.3) is 0 Å². The molecule has 1 aliphatic heterocycles. The van der Waals surface area contributed by atoms with Crippen molar-refractivity contribution in [2.24, 2.45) is 0 Å². The summed E-state index contributed by atoms with van der Waals surface area (Å²) in [5.41, 5.74) is 1.74. The second-order valence-corrected chi connectivity index (χ2v) is 8.18. The van der Waals surface area contributed by atoms with Crippen LogP contribution in [0.5, 0.6) is 11.5 Å². The van der Waals surface area contributed by atoms with Crippen LogP contribution < -0.4 is 9.47 Å². The number of hydrogen-bond acceptors (Lipinski definition) is 7. The molecule has 178 valence electrons. The van der Waals surface area contributed by atoms with E-state index in [9.17, 15) is 14.9 Å². The first-order valence-corrected chi connectivity index (χ1v) is 11.0. The molecule has 0 saturated carbocycles. The molecule has 1 aliphatic rings. The van der Waals surface area contributed by atoms with Crippen molar-refractivity contribution in [3.05, 3.63) is 87.4 Å². The average molecular weight is 466 g/mol. The first-order chi connectivity index (χ1) is 16.4. The molecule has 1 amide bonds. The Morgan fingerprint density at radius 3 is 2.56 bits per heavy atom. The van der Waals surface area contributed by atoms with Crippen molar-refractivity contribution in [1.82, 2.24) is 9.80 Å². The summed E-state index contributed by atoms with van der Waals surface area (Å²) in [6, 6.07) is 15.9. The van der Waals surface area contributed by atoms with Crippen LogP contribution in [0.15, 0.2) is 59.0 Å². The number of nitrogens with zero attached hydrogens (tertiary/aromatic N) is 3. The number of carbonyl (C=O) groups is 1. The second kappa shape index (κ2) is 10.4. The number of hydrogen-bond donors (Lipinski definition) is 0. The molecule has 9 heteroatoms. The van der Waals surface area contributed by atoms with Crippen molar-refractivity contribution in [3.63, 3.8) is 0 Å². The van der Waals surface area contributed by atoms with E-state index in [1.165, 1.54) is 11.6 Å². The predicted molar refractivity (Wildman–Crippen MR) is 125 cm³/mol. The standard InChI is InChI=1S/C25H27N3O6/c1-18-14-21(6-8-23(18)28(30)31)33-17-22-7-9-24(34-22)25(29)27-12-10-26(11-13-27)16-19-4-3-5-20(15-19)32-2/h3-9,14-15H,10-13,16-17H2,1-2H3. The Morgan fingerprint density at radius 2 is 1.85 bits per heavy atom. The van der Waals surface area contributed by atoms with Crippen LogP contribution in [0.2, 0.25) is 0 Å². The molecule has 0 spiro atoms. The lowest BCUT2D eigenvalue weighted by molar-refractivity contribution is -0.385. The maximum Gasteiger partial charge on any atom is 0.289 e.